The van der Waals surface area contributed by atoms with Gasteiger partial charge in [-0.3, -0.25) is 4.79 Å². The fourth-order valence-corrected chi connectivity index (χ4v) is 4.38. The van der Waals surface area contributed by atoms with Crippen molar-refractivity contribution in [2.45, 2.75) is 19.3 Å². The number of carbonyl (C=O) groups is 1. The van der Waals surface area contributed by atoms with Gasteiger partial charge in [0.25, 0.3) is 5.95 Å². The zero-order chi connectivity index (χ0) is 25.4. The highest BCUT2D eigenvalue weighted by Crippen LogP contribution is 2.45. The Labute approximate surface area is 206 Å². The van der Waals surface area contributed by atoms with Gasteiger partial charge in [0.2, 0.25) is 11.7 Å². The average molecular weight is 489 g/mol. The number of benzene rings is 2. The van der Waals surface area contributed by atoms with Crippen LogP contribution >= 0.6 is 0 Å². The maximum Gasteiger partial charge on any atom is 0.272 e. The summed E-state index contributed by atoms with van der Waals surface area (Å²) in [4.78, 5) is 17.4. The van der Waals surface area contributed by atoms with Crippen LogP contribution in [0, 0.1) is 6.92 Å². The zero-order valence-electron chi connectivity index (χ0n) is 20.1. The third-order valence-electron chi connectivity index (χ3n) is 6.13. The molecule has 0 bridgehead atoms. The number of ether oxygens (including phenoxy) is 3. The molecule has 0 aliphatic carbocycles. The molecule has 1 atom stereocenters. The molecule has 1 aliphatic rings. The number of aromatic nitrogens is 5. The van der Waals surface area contributed by atoms with Crippen molar-refractivity contribution < 1.29 is 24.1 Å². The second kappa shape index (κ2) is 9.17. The number of amides is 1. The van der Waals surface area contributed by atoms with Crippen molar-refractivity contribution in [1.29, 1.82) is 0 Å². The number of methoxy groups -OCH3 is 3. The van der Waals surface area contributed by atoms with Gasteiger partial charge in [0.05, 0.1) is 38.9 Å². The number of aromatic hydroxyl groups is 1. The SMILES string of the molecule is COc1ccc(-c2cnnc(-n3nc(C)c4c3NC(=O)C[C@@H]4c3cc(OC)c(O)c(OC)c3)n2)cc1. The lowest BCUT2D eigenvalue weighted by Crippen LogP contribution is -2.25. The summed E-state index contributed by atoms with van der Waals surface area (Å²) in [6, 6.07) is 10.8. The van der Waals surface area contributed by atoms with Crippen LogP contribution in [-0.4, -0.2) is 57.3 Å². The minimum atomic E-state index is -0.358. The van der Waals surface area contributed by atoms with Crippen molar-refractivity contribution in [2.24, 2.45) is 0 Å². The van der Waals surface area contributed by atoms with Crippen LogP contribution in [0.5, 0.6) is 23.0 Å². The smallest absolute Gasteiger partial charge is 0.272 e. The van der Waals surface area contributed by atoms with Gasteiger partial charge in [-0.05, 0) is 48.9 Å². The number of nitrogens with one attached hydrogen (secondary N) is 1. The number of aryl methyl sites for hydroxylation is 1. The molecule has 0 saturated carbocycles. The molecule has 11 heteroatoms. The zero-order valence-corrected chi connectivity index (χ0v) is 20.1. The molecule has 0 spiro atoms. The van der Waals surface area contributed by atoms with Crippen molar-refractivity contribution >= 4 is 11.7 Å². The fourth-order valence-electron chi connectivity index (χ4n) is 4.38. The topological polar surface area (TPSA) is 134 Å². The van der Waals surface area contributed by atoms with Gasteiger partial charge in [0.15, 0.2) is 11.5 Å². The number of nitrogens with zero attached hydrogens (tertiary/aromatic N) is 5. The molecule has 184 valence electrons. The Morgan fingerprint density at radius 3 is 2.39 bits per heavy atom. The summed E-state index contributed by atoms with van der Waals surface area (Å²) in [5.41, 5.74) is 3.67. The molecular weight excluding hydrogens is 464 g/mol. The predicted octanol–water partition coefficient (Wildman–Crippen LogP) is 3.24. The van der Waals surface area contributed by atoms with Gasteiger partial charge in [0.1, 0.15) is 11.6 Å². The molecule has 0 unspecified atom stereocenters. The standard InChI is InChI=1S/C25H24N6O5/c1-13-22-17(15-9-19(35-3)23(33)20(10-15)36-4)11-21(32)28-24(22)31(30-13)25-27-18(12-26-29-25)14-5-7-16(34-2)8-6-14/h5-10,12,17,33H,11H2,1-4H3,(H,28,32)/t17-/m1/s1. The van der Waals surface area contributed by atoms with E-state index in [0.29, 0.717) is 17.2 Å². The summed E-state index contributed by atoms with van der Waals surface area (Å²) in [5, 5.41) is 26.2. The molecule has 5 rings (SSSR count). The van der Waals surface area contributed by atoms with Gasteiger partial charge >= 0.3 is 0 Å². The van der Waals surface area contributed by atoms with Crippen molar-refractivity contribution in [3.63, 3.8) is 0 Å². The number of phenolic OH excluding ortho intramolecular Hbond substituents is 1. The van der Waals surface area contributed by atoms with E-state index in [1.807, 2.05) is 31.2 Å². The Kier molecular flexibility index (Phi) is 5.88. The molecule has 0 fully saturated rings. The lowest BCUT2D eigenvalue weighted by molar-refractivity contribution is -0.116. The van der Waals surface area contributed by atoms with Crippen molar-refractivity contribution in [3.05, 3.63) is 59.4 Å². The average Bonchev–Trinajstić information content (AvgIpc) is 3.24. The second-order valence-electron chi connectivity index (χ2n) is 8.21. The van der Waals surface area contributed by atoms with Crippen LogP contribution in [-0.2, 0) is 4.79 Å². The highest BCUT2D eigenvalue weighted by Gasteiger charge is 2.34. The molecule has 2 N–H and O–H groups in total. The Balaban J connectivity index is 1.60. The van der Waals surface area contributed by atoms with E-state index in [-0.39, 0.29) is 41.4 Å². The molecule has 11 nitrogen and oxygen atoms in total. The third kappa shape index (κ3) is 3.94. The van der Waals surface area contributed by atoms with Crippen LogP contribution in [0.25, 0.3) is 17.2 Å². The lowest BCUT2D eigenvalue weighted by Gasteiger charge is -2.25. The number of phenols is 1. The van der Waals surface area contributed by atoms with Gasteiger partial charge in [-0.25, -0.2) is 4.98 Å². The fraction of sp³-hybridized carbons (Fsp3) is 0.240. The predicted molar refractivity (Wildman–Crippen MR) is 130 cm³/mol. The first kappa shape index (κ1) is 23.1. The van der Waals surface area contributed by atoms with Crippen LogP contribution in [0.1, 0.15) is 29.2 Å². The Hall–Kier alpha value is -4.67. The van der Waals surface area contributed by atoms with E-state index in [1.54, 1.807) is 25.4 Å². The van der Waals surface area contributed by atoms with Gasteiger partial charge < -0.3 is 24.6 Å². The molecule has 0 saturated heterocycles. The molecule has 36 heavy (non-hydrogen) atoms. The van der Waals surface area contributed by atoms with Gasteiger partial charge in [-0.2, -0.15) is 14.9 Å². The summed E-state index contributed by atoms with van der Waals surface area (Å²) >= 11 is 0. The van der Waals surface area contributed by atoms with Crippen LogP contribution in [0.3, 0.4) is 0 Å². The highest BCUT2D eigenvalue weighted by atomic mass is 16.5. The molecule has 4 aromatic rings. The van der Waals surface area contributed by atoms with Crippen molar-refractivity contribution in [2.75, 3.05) is 26.6 Å². The lowest BCUT2D eigenvalue weighted by atomic mass is 9.85. The van der Waals surface area contributed by atoms with E-state index in [4.69, 9.17) is 14.2 Å². The minimum absolute atomic E-state index is 0.105. The Bertz CT molecular complexity index is 1430. The first-order valence-electron chi connectivity index (χ1n) is 11.1. The quantitative estimate of drug-likeness (QED) is 0.419. The number of hydrogen-bond acceptors (Lipinski definition) is 9. The van der Waals surface area contributed by atoms with E-state index in [2.05, 4.69) is 25.6 Å². The molecule has 2 aromatic heterocycles. The van der Waals surface area contributed by atoms with Crippen LogP contribution in [0.4, 0.5) is 5.82 Å². The molecule has 2 aromatic carbocycles. The molecule has 1 aliphatic heterocycles. The first-order chi connectivity index (χ1) is 17.4. The van der Waals surface area contributed by atoms with E-state index >= 15 is 0 Å². The van der Waals surface area contributed by atoms with Gasteiger partial charge in [0, 0.05) is 23.5 Å². The number of rotatable bonds is 6. The maximum absolute atomic E-state index is 12.8. The second-order valence-corrected chi connectivity index (χ2v) is 8.21. The number of carbonyl (C=O) groups excluding carboxylic acids is 1. The van der Waals surface area contributed by atoms with E-state index in [0.717, 1.165) is 22.4 Å². The molecule has 1 amide bonds. The van der Waals surface area contributed by atoms with E-state index in [1.165, 1.54) is 18.9 Å². The van der Waals surface area contributed by atoms with Gasteiger partial charge in [-0.15, -0.1) is 5.10 Å². The Morgan fingerprint density at radius 1 is 1.06 bits per heavy atom. The molecule has 3 heterocycles. The number of hydrogen-bond donors (Lipinski definition) is 2. The summed E-state index contributed by atoms with van der Waals surface area (Å²) in [5.74, 6) is 1.26. The summed E-state index contributed by atoms with van der Waals surface area (Å²) < 4.78 is 17.4. The van der Waals surface area contributed by atoms with Crippen molar-refractivity contribution in [1.82, 2.24) is 25.0 Å². The number of fused-ring (bicyclic) bond motifs is 1. The van der Waals surface area contributed by atoms with Crippen LogP contribution in [0.2, 0.25) is 0 Å². The van der Waals surface area contributed by atoms with Crippen LogP contribution in [0.15, 0.2) is 42.6 Å². The highest BCUT2D eigenvalue weighted by molar-refractivity contribution is 5.95. The molecular formula is C25H24N6O5. The normalized spacial score (nSPS) is 14.7. The number of anilines is 1. The Morgan fingerprint density at radius 2 is 1.75 bits per heavy atom. The maximum atomic E-state index is 12.8. The first-order valence-corrected chi connectivity index (χ1v) is 11.1. The summed E-state index contributed by atoms with van der Waals surface area (Å²) in [6.07, 6.45) is 1.74. The monoisotopic (exact) mass is 488 g/mol. The molecule has 0 radical (unpaired) electrons. The largest absolute Gasteiger partial charge is 0.502 e. The van der Waals surface area contributed by atoms with Crippen LogP contribution < -0.4 is 19.5 Å². The summed E-state index contributed by atoms with van der Waals surface area (Å²) in [6.45, 7) is 1.86. The van der Waals surface area contributed by atoms with E-state index in [9.17, 15) is 9.90 Å². The van der Waals surface area contributed by atoms with Gasteiger partial charge in [-0.1, -0.05) is 0 Å². The third-order valence-corrected chi connectivity index (χ3v) is 6.13. The summed E-state index contributed by atoms with van der Waals surface area (Å²) in [7, 11) is 4.52. The van der Waals surface area contributed by atoms with E-state index < -0.39 is 0 Å². The van der Waals surface area contributed by atoms with Crippen molar-refractivity contribution in [3.8, 4) is 40.2 Å². The minimum Gasteiger partial charge on any atom is -0.502 e.